The first-order valence-corrected chi connectivity index (χ1v) is 10.5. The van der Waals surface area contributed by atoms with Crippen LogP contribution in [-0.4, -0.2) is 93.2 Å². The zero-order valence-corrected chi connectivity index (χ0v) is 27.1. The van der Waals surface area contributed by atoms with E-state index in [9.17, 15) is 24.0 Å². The molecule has 0 bridgehead atoms. The van der Waals surface area contributed by atoms with Gasteiger partial charge >= 0.3 is 39.9 Å². The van der Waals surface area contributed by atoms with Crippen LogP contribution in [0.25, 0.3) is 5.32 Å². The van der Waals surface area contributed by atoms with E-state index < -0.39 is 30.4 Å². The molecule has 2 radical (unpaired) electrons. The van der Waals surface area contributed by atoms with Crippen LogP contribution in [0.5, 0.6) is 0 Å². The van der Waals surface area contributed by atoms with Crippen LogP contribution in [0.2, 0.25) is 0 Å². The number of carboxylic acids is 1. The Morgan fingerprint density at radius 2 is 1.78 bits per heavy atom. The van der Waals surface area contributed by atoms with Gasteiger partial charge < -0.3 is 45.0 Å². The average Bonchev–Trinajstić information content (AvgIpc) is 2.75. The standard InChI is InChI=1S/C16H27N4O8.C4H8NO2.Gd.La/c1-18-10-14(23)27-16(28-15(24)11-20(2)3)26-13(22)7-4-6-12(21)19-8-5-9-25-17;1-2-5-3-4(6)7;;/h7,18H,2,4-6,8-11,17H2,1,3H3,(H,19,21);2-3H2,1H3,(H,6,7);;/q-3;-1;+3;. The van der Waals surface area contributed by atoms with Crippen LogP contribution in [0.4, 0.5) is 0 Å². The number of esters is 3. The summed E-state index contributed by atoms with van der Waals surface area (Å²) < 4.78 is 14.1. The van der Waals surface area contributed by atoms with E-state index in [1.165, 1.54) is 19.0 Å². The van der Waals surface area contributed by atoms with Crippen molar-refractivity contribution in [1.82, 2.24) is 15.5 Å². The third-order valence-electron chi connectivity index (χ3n) is 3.21. The van der Waals surface area contributed by atoms with Crippen molar-refractivity contribution in [3.63, 3.8) is 0 Å². The summed E-state index contributed by atoms with van der Waals surface area (Å²) in [5, 5.41) is 16.7. The zero-order chi connectivity index (χ0) is 27.1. The van der Waals surface area contributed by atoms with E-state index in [-0.39, 0.29) is 114 Å². The Morgan fingerprint density at radius 3 is 2.27 bits per heavy atom. The number of carboxylic acid groups (broad SMARTS) is 1. The first-order chi connectivity index (χ1) is 16.5. The predicted molar refractivity (Wildman–Crippen MR) is 121 cm³/mol. The SMILES string of the molecule is CC[N-]CC(=O)O.[CH2-]N(C)CC(=O)O[C-](OC(=O)[CH-]CCC(=O)NCCCON)OC(=O)CNC.[Gd+3].[La]. The van der Waals surface area contributed by atoms with Crippen LogP contribution in [0.1, 0.15) is 26.2 Å². The number of ether oxygens (including phenoxy) is 3. The van der Waals surface area contributed by atoms with Crippen LogP contribution in [0.15, 0.2) is 0 Å². The summed E-state index contributed by atoms with van der Waals surface area (Å²) in [7, 11) is 6.48. The largest absolute Gasteiger partial charge is 3.00 e. The average molecular weight is 802 g/mol. The van der Waals surface area contributed by atoms with Gasteiger partial charge in [0, 0.05) is 48.6 Å². The summed E-state index contributed by atoms with van der Waals surface area (Å²) >= 11 is 0. The number of likely N-dealkylation sites (N-methyl/N-ethyl adjacent to an activating group) is 3. The van der Waals surface area contributed by atoms with Gasteiger partial charge in [0.2, 0.25) is 12.4 Å². The predicted octanol–water partition coefficient (Wildman–Crippen LogP) is -1.15. The zero-order valence-electron chi connectivity index (χ0n) is 21.2. The van der Waals surface area contributed by atoms with Crippen LogP contribution in [0, 0.1) is 95.5 Å². The maximum Gasteiger partial charge on any atom is 3.00 e. The van der Waals surface area contributed by atoms with Crippen molar-refractivity contribution in [2.24, 2.45) is 5.90 Å². The van der Waals surface area contributed by atoms with E-state index in [1.807, 2.05) is 6.92 Å². The molecular formula is C20H35GdLaN5O10-. The Morgan fingerprint density at radius 1 is 1.16 bits per heavy atom. The maximum absolute atomic E-state index is 11.8. The van der Waals surface area contributed by atoms with Crippen LogP contribution < -0.4 is 16.5 Å². The number of hydrogen-bond donors (Lipinski definition) is 4. The molecule has 0 unspecified atom stereocenters. The number of hydrogen-bond acceptors (Lipinski definition) is 12. The minimum Gasteiger partial charge on any atom is -0.653 e. The van der Waals surface area contributed by atoms with E-state index in [1.54, 1.807) is 0 Å². The number of aliphatic carboxylic acids is 1. The Hall–Kier alpha value is -0.461. The third-order valence-corrected chi connectivity index (χ3v) is 3.21. The molecule has 0 aliphatic heterocycles. The first kappa shape index (κ1) is 43.6. The third kappa shape index (κ3) is 33.5. The van der Waals surface area contributed by atoms with Gasteiger partial charge in [-0.3, -0.25) is 37.4 Å². The molecule has 0 heterocycles. The molecule has 1 amide bonds. The Kier molecular flexibility index (Phi) is 35.4. The second-order valence-corrected chi connectivity index (χ2v) is 6.57. The van der Waals surface area contributed by atoms with E-state index in [0.717, 1.165) is 6.42 Å². The molecule has 0 aromatic carbocycles. The minimum absolute atomic E-state index is 0. The Bertz CT molecular complexity index is 647. The van der Waals surface area contributed by atoms with Crippen molar-refractivity contribution in [2.45, 2.75) is 26.2 Å². The van der Waals surface area contributed by atoms with Crippen LogP contribution in [0.3, 0.4) is 0 Å². The quantitative estimate of drug-likeness (QED) is 0.0560. The molecule has 0 spiro atoms. The fourth-order valence-electron chi connectivity index (χ4n) is 1.81. The van der Waals surface area contributed by atoms with Crippen molar-refractivity contribution < 1.29 is 124 Å². The fraction of sp³-hybridized carbons (Fsp3) is 0.600. The van der Waals surface area contributed by atoms with E-state index in [4.69, 9.17) is 20.5 Å². The van der Waals surface area contributed by atoms with Gasteiger partial charge in [-0.2, -0.15) is 6.54 Å². The summed E-state index contributed by atoms with van der Waals surface area (Å²) in [5.74, 6) is 1.08. The molecule has 15 nitrogen and oxygen atoms in total. The molecule has 0 saturated carbocycles. The number of nitrogens with zero attached hydrogens (tertiary/aromatic N) is 2. The number of rotatable bonds is 18. The minimum atomic E-state index is -0.952. The van der Waals surface area contributed by atoms with Gasteiger partial charge in [0.1, 0.15) is 5.97 Å². The molecule has 0 atom stereocenters. The Balaban J connectivity index is -0.000000528. The van der Waals surface area contributed by atoms with Gasteiger partial charge in [0.15, 0.2) is 0 Å². The molecule has 5 N–H and O–H groups in total. The molecule has 0 fully saturated rings. The van der Waals surface area contributed by atoms with Crippen molar-refractivity contribution in [3.05, 3.63) is 25.3 Å². The van der Waals surface area contributed by atoms with E-state index in [2.05, 4.69) is 32.6 Å². The van der Waals surface area contributed by atoms with Gasteiger partial charge in [-0.05, 0) is 27.1 Å². The normalized spacial score (nSPS) is 9.59. The van der Waals surface area contributed by atoms with Crippen molar-refractivity contribution in [3.8, 4) is 0 Å². The van der Waals surface area contributed by atoms with Crippen LogP contribution >= 0.6 is 0 Å². The molecule has 0 saturated heterocycles. The number of nitrogens with two attached hydrogens (primary N) is 1. The number of carbonyl (C=O) groups is 5. The fourth-order valence-corrected chi connectivity index (χ4v) is 1.81. The maximum atomic E-state index is 11.8. The van der Waals surface area contributed by atoms with Gasteiger partial charge in [-0.25, -0.2) is 5.90 Å². The van der Waals surface area contributed by atoms with E-state index in [0.29, 0.717) is 26.1 Å². The molecule has 212 valence electrons. The second-order valence-electron chi connectivity index (χ2n) is 6.57. The Labute approximate surface area is 277 Å². The summed E-state index contributed by atoms with van der Waals surface area (Å²) in [4.78, 5) is 61.8. The number of amides is 1. The summed E-state index contributed by atoms with van der Waals surface area (Å²) in [6.07, 6.45) is 1.69. The van der Waals surface area contributed by atoms with E-state index >= 15 is 0 Å². The topological polar surface area (TPSA) is 210 Å². The van der Waals surface area contributed by atoms with Crippen molar-refractivity contribution in [2.75, 3.05) is 53.4 Å². The molecule has 0 aliphatic rings. The summed E-state index contributed by atoms with van der Waals surface area (Å²) in [6, 6.07) is 0. The molecule has 37 heavy (non-hydrogen) atoms. The smallest absolute Gasteiger partial charge is 0.653 e. The molecule has 0 rings (SSSR count). The van der Waals surface area contributed by atoms with Gasteiger partial charge in [-0.15, -0.1) is 6.42 Å². The number of nitrogens with one attached hydrogen (secondary N) is 2. The number of carbonyl (C=O) groups excluding carboxylic acids is 4. The van der Waals surface area contributed by atoms with Crippen LogP contribution in [-0.2, 0) is 43.0 Å². The van der Waals surface area contributed by atoms with Crippen molar-refractivity contribution >= 4 is 29.8 Å². The molecule has 0 aromatic heterocycles. The van der Waals surface area contributed by atoms with Gasteiger partial charge in [0.05, 0.1) is 19.7 Å². The second kappa shape index (κ2) is 30.1. The molecule has 0 aromatic rings. The van der Waals surface area contributed by atoms with Gasteiger partial charge in [0.25, 0.3) is 17.9 Å². The van der Waals surface area contributed by atoms with Gasteiger partial charge in [-0.1, -0.05) is 6.92 Å². The summed E-state index contributed by atoms with van der Waals surface area (Å²) in [6.45, 7) is 1.69. The molecule has 0 aliphatic carbocycles. The summed E-state index contributed by atoms with van der Waals surface area (Å²) in [5.41, 5.74) is 0. The molecule has 17 heteroatoms. The van der Waals surface area contributed by atoms with Crippen molar-refractivity contribution in [1.29, 1.82) is 0 Å². The monoisotopic (exact) mass is 802 g/mol. The molecular weight excluding hydrogens is 766 g/mol. The first-order valence-electron chi connectivity index (χ1n) is 10.5.